The first kappa shape index (κ1) is 22.2. The second-order valence-electron chi connectivity index (χ2n) is 8.74. The van der Waals surface area contributed by atoms with Gasteiger partial charge in [0.05, 0.1) is 18.8 Å². The zero-order valence-electron chi connectivity index (χ0n) is 18.9. The lowest BCUT2D eigenvalue weighted by atomic mass is 9.86. The predicted molar refractivity (Wildman–Crippen MR) is 127 cm³/mol. The highest BCUT2D eigenvalue weighted by Gasteiger charge is 2.25. The van der Waals surface area contributed by atoms with Crippen LogP contribution in [-0.2, 0) is 0 Å². The van der Waals surface area contributed by atoms with Gasteiger partial charge in [0, 0.05) is 44.0 Å². The Labute approximate surface area is 189 Å². The van der Waals surface area contributed by atoms with Gasteiger partial charge in [-0.15, -0.1) is 0 Å². The van der Waals surface area contributed by atoms with Gasteiger partial charge >= 0.3 is 0 Å². The Balaban J connectivity index is 1.53. The summed E-state index contributed by atoms with van der Waals surface area (Å²) in [7, 11) is 1.68. The number of ether oxygens (including phenoxy) is 1. The van der Waals surface area contributed by atoms with Crippen molar-refractivity contribution < 1.29 is 14.2 Å². The summed E-state index contributed by atoms with van der Waals surface area (Å²) in [5.74, 6) is 1.71. The Morgan fingerprint density at radius 2 is 1.88 bits per heavy atom. The predicted octanol–water partition coefficient (Wildman–Crippen LogP) is 4.71. The average Bonchev–Trinajstić information content (AvgIpc) is 2.82. The van der Waals surface area contributed by atoms with Crippen LogP contribution in [-0.4, -0.2) is 55.3 Å². The quantitative estimate of drug-likeness (QED) is 0.410. The van der Waals surface area contributed by atoms with Crippen molar-refractivity contribution in [2.45, 2.75) is 38.6 Å². The van der Waals surface area contributed by atoms with E-state index in [1.807, 2.05) is 12.1 Å². The Bertz CT molecular complexity index is 943. The number of methoxy groups -OCH3 is 1. The molecule has 2 aromatic rings. The van der Waals surface area contributed by atoms with Crippen LogP contribution in [0.3, 0.4) is 0 Å². The average molecular weight is 441 g/mol. The Morgan fingerprint density at radius 3 is 2.62 bits per heavy atom. The van der Waals surface area contributed by atoms with E-state index in [4.69, 9.17) is 9.73 Å². The molecule has 1 heterocycles. The molecule has 7 heteroatoms. The van der Waals surface area contributed by atoms with Crippen molar-refractivity contribution >= 4 is 17.3 Å². The minimum atomic E-state index is -0.390. The third-order valence-corrected chi connectivity index (χ3v) is 6.56. The van der Waals surface area contributed by atoms with Gasteiger partial charge in [-0.2, -0.15) is 0 Å². The molecule has 4 rings (SSSR count). The molecule has 0 spiro atoms. The maximum atomic E-state index is 13.8. The molecule has 2 fully saturated rings. The van der Waals surface area contributed by atoms with E-state index in [0.29, 0.717) is 11.6 Å². The highest BCUT2D eigenvalue weighted by atomic mass is 19.1. The highest BCUT2D eigenvalue weighted by molar-refractivity contribution is 5.95. The second-order valence-corrected chi connectivity index (χ2v) is 8.74. The van der Waals surface area contributed by atoms with Crippen molar-refractivity contribution in [2.24, 2.45) is 10.9 Å². The number of hydrogen-bond donors (Lipinski definition) is 2. The lowest BCUT2D eigenvalue weighted by Crippen LogP contribution is -2.51. The minimum Gasteiger partial charge on any atom is -0.506 e. The molecule has 2 unspecified atom stereocenters. The number of aromatic hydroxyl groups is 1. The van der Waals surface area contributed by atoms with Crippen LogP contribution >= 0.6 is 0 Å². The maximum Gasteiger partial charge on any atom is 0.198 e. The van der Waals surface area contributed by atoms with Crippen LogP contribution in [0.4, 0.5) is 15.8 Å². The van der Waals surface area contributed by atoms with Gasteiger partial charge < -0.3 is 25.0 Å². The smallest absolute Gasteiger partial charge is 0.198 e. The van der Waals surface area contributed by atoms with E-state index in [-0.39, 0.29) is 11.8 Å². The highest BCUT2D eigenvalue weighted by Crippen LogP contribution is 2.29. The van der Waals surface area contributed by atoms with Gasteiger partial charge in [-0.1, -0.05) is 25.8 Å². The van der Waals surface area contributed by atoms with Crippen molar-refractivity contribution in [3.8, 4) is 11.5 Å². The molecule has 1 saturated heterocycles. The molecule has 2 N–H and O–H groups in total. The number of rotatable bonds is 4. The molecule has 2 aliphatic rings. The standard InChI is InChI=1S/C25H33FN4O2/c1-18-6-3-4-9-22(18)27-25(28-23-16-19(26)10-11-24(23)31)30-14-12-29(13-15-30)20-7-5-8-21(17-20)32-2/h5,7-8,10-11,16-18,22,31H,3-4,6,9,12-15H2,1-2H3,(H,27,28). The zero-order chi connectivity index (χ0) is 22.5. The molecule has 0 bridgehead atoms. The lowest BCUT2D eigenvalue weighted by Gasteiger charge is -2.38. The van der Waals surface area contributed by atoms with Gasteiger partial charge in [-0.25, -0.2) is 9.38 Å². The van der Waals surface area contributed by atoms with Crippen LogP contribution in [0.2, 0.25) is 0 Å². The Kier molecular flexibility index (Phi) is 7.02. The van der Waals surface area contributed by atoms with Gasteiger partial charge in [0.2, 0.25) is 0 Å². The molecule has 32 heavy (non-hydrogen) atoms. The number of benzene rings is 2. The Morgan fingerprint density at radius 1 is 1.09 bits per heavy atom. The van der Waals surface area contributed by atoms with Crippen LogP contribution in [0.25, 0.3) is 0 Å². The number of nitrogens with one attached hydrogen (secondary N) is 1. The van der Waals surface area contributed by atoms with Gasteiger partial charge in [0.1, 0.15) is 17.3 Å². The van der Waals surface area contributed by atoms with Crippen LogP contribution in [0.5, 0.6) is 11.5 Å². The molecular weight excluding hydrogens is 407 g/mol. The van der Waals surface area contributed by atoms with E-state index in [9.17, 15) is 9.50 Å². The fourth-order valence-electron chi connectivity index (χ4n) is 4.55. The van der Waals surface area contributed by atoms with Crippen LogP contribution in [0.1, 0.15) is 32.6 Å². The molecule has 172 valence electrons. The molecule has 1 saturated carbocycles. The number of phenols is 1. The van der Waals surface area contributed by atoms with Gasteiger partial charge in [0.15, 0.2) is 5.96 Å². The summed E-state index contributed by atoms with van der Waals surface area (Å²) in [5, 5.41) is 13.5. The monoisotopic (exact) mass is 440 g/mol. The molecular formula is C25H33FN4O2. The summed E-state index contributed by atoms with van der Waals surface area (Å²) in [6.07, 6.45) is 4.67. The van der Waals surface area contributed by atoms with Gasteiger partial charge in [-0.05, 0) is 43.0 Å². The molecule has 2 atom stereocenters. The number of hydrogen-bond acceptors (Lipinski definition) is 4. The first-order valence-corrected chi connectivity index (χ1v) is 11.5. The van der Waals surface area contributed by atoms with Crippen molar-refractivity contribution in [1.82, 2.24) is 4.90 Å². The van der Waals surface area contributed by atoms with Crippen molar-refractivity contribution in [3.05, 3.63) is 48.3 Å². The maximum absolute atomic E-state index is 13.8. The third-order valence-electron chi connectivity index (χ3n) is 6.56. The van der Waals surface area contributed by atoms with Crippen LogP contribution < -0.4 is 15.0 Å². The summed E-state index contributed by atoms with van der Waals surface area (Å²) in [6, 6.07) is 12.3. The summed E-state index contributed by atoms with van der Waals surface area (Å²) < 4.78 is 19.2. The summed E-state index contributed by atoms with van der Waals surface area (Å²) in [4.78, 5) is 9.63. The second kappa shape index (κ2) is 10.1. The minimum absolute atomic E-state index is 0.0193. The lowest BCUT2D eigenvalue weighted by molar-refractivity contribution is 0.323. The van der Waals surface area contributed by atoms with Crippen molar-refractivity contribution in [3.63, 3.8) is 0 Å². The Hall–Kier alpha value is -2.96. The summed E-state index contributed by atoms with van der Waals surface area (Å²) in [6.45, 7) is 5.48. The normalized spacial score (nSPS) is 22.0. The number of piperazine rings is 1. The third kappa shape index (κ3) is 5.26. The van der Waals surface area contributed by atoms with E-state index in [0.717, 1.165) is 50.0 Å². The van der Waals surface area contributed by atoms with Crippen molar-refractivity contribution in [1.29, 1.82) is 0 Å². The van der Waals surface area contributed by atoms with E-state index < -0.39 is 5.82 Å². The number of anilines is 2. The van der Waals surface area contributed by atoms with Gasteiger partial charge in [-0.3, -0.25) is 0 Å². The van der Waals surface area contributed by atoms with E-state index >= 15 is 0 Å². The zero-order valence-corrected chi connectivity index (χ0v) is 18.9. The molecule has 1 aliphatic carbocycles. The largest absolute Gasteiger partial charge is 0.506 e. The van der Waals surface area contributed by atoms with E-state index in [1.54, 1.807) is 7.11 Å². The first-order chi connectivity index (χ1) is 15.5. The van der Waals surface area contributed by atoms with Crippen LogP contribution in [0, 0.1) is 11.7 Å². The van der Waals surface area contributed by atoms with Gasteiger partial charge in [0.25, 0.3) is 0 Å². The summed E-state index contributed by atoms with van der Waals surface area (Å²) >= 11 is 0. The summed E-state index contributed by atoms with van der Waals surface area (Å²) in [5.41, 5.74) is 1.49. The molecule has 6 nitrogen and oxygen atoms in total. The number of halogens is 1. The molecule has 1 aliphatic heterocycles. The first-order valence-electron chi connectivity index (χ1n) is 11.5. The fourth-order valence-corrected chi connectivity index (χ4v) is 4.55. The topological polar surface area (TPSA) is 60.3 Å². The number of guanidine groups is 1. The molecule has 0 amide bonds. The molecule has 0 aromatic heterocycles. The number of nitrogens with zero attached hydrogens (tertiary/aromatic N) is 3. The molecule has 0 radical (unpaired) electrons. The van der Waals surface area contributed by atoms with Crippen molar-refractivity contribution in [2.75, 3.05) is 43.5 Å². The number of phenolic OH excluding ortho intramolecular Hbond substituents is 1. The number of aliphatic imine (C=N–C) groups is 1. The van der Waals surface area contributed by atoms with E-state index in [1.165, 1.54) is 37.5 Å². The molecule has 2 aromatic carbocycles. The SMILES string of the molecule is COc1cccc(N2CCN(C(=NC3CCCCC3C)Nc3cc(F)ccc3O)CC2)c1. The fraction of sp³-hybridized carbons (Fsp3) is 0.480. The van der Waals surface area contributed by atoms with Crippen LogP contribution in [0.15, 0.2) is 47.5 Å². The van der Waals surface area contributed by atoms with E-state index in [2.05, 4.69) is 34.2 Å².